The molecule has 2 rings (SSSR count). The van der Waals surface area contributed by atoms with Crippen LogP contribution in [-0.2, 0) is 16.3 Å². The van der Waals surface area contributed by atoms with Gasteiger partial charge in [0.25, 0.3) is 0 Å². The third-order valence-corrected chi connectivity index (χ3v) is 5.72. The van der Waals surface area contributed by atoms with Crippen LogP contribution in [0.5, 0.6) is 0 Å². The van der Waals surface area contributed by atoms with Gasteiger partial charge in [0, 0.05) is 5.69 Å². The maximum atomic E-state index is 12.4. The molecular weight excluding hydrogens is 248 g/mol. The minimum atomic E-state index is -3.39. The van der Waals surface area contributed by atoms with E-state index in [-0.39, 0.29) is 15.8 Å². The minimum absolute atomic E-state index is 0.0428. The Morgan fingerprint density at radius 2 is 2.06 bits per heavy atom. The van der Waals surface area contributed by atoms with Gasteiger partial charge in [-0.25, -0.2) is 13.4 Å². The first kappa shape index (κ1) is 13.0. The lowest BCUT2D eigenvalue weighted by atomic mass is 10.2. The summed E-state index contributed by atoms with van der Waals surface area (Å²) in [6.45, 7) is 1.93. The predicted octanol–water partition coefficient (Wildman–Crippen LogP) is 2.23. The van der Waals surface area contributed by atoms with E-state index in [0.717, 1.165) is 18.5 Å². The molecule has 0 aromatic carbocycles. The first-order valence-electron chi connectivity index (χ1n) is 6.23. The average molecular weight is 264 g/mol. The highest BCUT2D eigenvalue weighted by atomic mass is 32.2. The van der Waals surface area contributed by atoms with E-state index in [1.165, 1.54) is 6.07 Å². The number of hydrogen-bond acceptors (Lipinski definition) is 4. The molecule has 1 aromatic rings. The number of nitriles is 1. The summed E-state index contributed by atoms with van der Waals surface area (Å²) in [5, 5.41) is 8.73. The van der Waals surface area contributed by atoms with Crippen LogP contribution in [-0.4, -0.2) is 18.7 Å². The molecule has 0 N–H and O–H groups in total. The van der Waals surface area contributed by atoms with Gasteiger partial charge >= 0.3 is 0 Å². The Morgan fingerprint density at radius 1 is 1.39 bits per heavy atom. The summed E-state index contributed by atoms with van der Waals surface area (Å²) in [6, 6.07) is 5.15. The predicted molar refractivity (Wildman–Crippen MR) is 67.8 cm³/mol. The van der Waals surface area contributed by atoms with Crippen molar-refractivity contribution >= 4 is 9.84 Å². The van der Waals surface area contributed by atoms with Crippen molar-refractivity contribution < 1.29 is 8.42 Å². The fraction of sp³-hybridized carbons (Fsp3) is 0.538. The second-order valence-corrected chi connectivity index (χ2v) is 6.76. The number of sulfone groups is 1. The molecule has 4 nitrogen and oxygen atoms in total. The van der Waals surface area contributed by atoms with E-state index in [2.05, 4.69) is 4.98 Å². The lowest BCUT2D eigenvalue weighted by Crippen LogP contribution is -2.19. The molecule has 0 saturated heterocycles. The Bertz CT molecular complexity index is 581. The smallest absolute Gasteiger partial charge is 0.184 e. The van der Waals surface area contributed by atoms with Crippen molar-refractivity contribution in [1.82, 2.24) is 4.98 Å². The minimum Gasteiger partial charge on any atom is -0.241 e. The van der Waals surface area contributed by atoms with Gasteiger partial charge in [0.05, 0.1) is 5.25 Å². The lowest BCUT2D eigenvalue weighted by Gasteiger charge is -2.12. The molecule has 0 bridgehead atoms. The molecule has 1 aliphatic rings. The van der Waals surface area contributed by atoms with Gasteiger partial charge in [-0.2, -0.15) is 5.26 Å². The summed E-state index contributed by atoms with van der Waals surface area (Å²) in [5.74, 6) is 0. The Kier molecular flexibility index (Phi) is 3.67. The highest BCUT2D eigenvalue weighted by Gasteiger charge is 2.32. The Balaban J connectivity index is 2.47. The van der Waals surface area contributed by atoms with E-state index < -0.39 is 9.84 Å². The molecule has 0 amide bonds. The van der Waals surface area contributed by atoms with Crippen molar-refractivity contribution in [3.05, 3.63) is 23.5 Å². The summed E-state index contributed by atoms with van der Waals surface area (Å²) in [6.07, 6.45) is 3.99. The van der Waals surface area contributed by atoms with Crippen LogP contribution in [0.15, 0.2) is 17.0 Å². The van der Waals surface area contributed by atoms with E-state index in [9.17, 15) is 8.42 Å². The standard InChI is InChI=1S/C13H16N2O2S/c1-2-10-7-8-13(12(9-14)15-10)18(16,17)11-5-3-4-6-11/h7-8,11H,2-6H2,1H3. The van der Waals surface area contributed by atoms with E-state index >= 15 is 0 Å². The third-order valence-electron chi connectivity index (χ3n) is 3.43. The molecule has 0 atom stereocenters. The summed E-state index contributed by atoms with van der Waals surface area (Å²) >= 11 is 0. The van der Waals surface area contributed by atoms with E-state index in [1.54, 1.807) is 6.07 Å². The van der Waals surface area contributed by atoms with Crippen LogP contribution >= 0.6 is 0 Å². The Morgan fingerprint density at radius 3 is 2.61 bits per heavy atom. The van der Waals surface area contributed by atoms with E-state index in [1.807, 2.05) is 13.0 Å². The number of aryl methyl sites for hydroxylation is 1. The molecule has 1 aromatic heterocycles. The summed E-state index contributed by atoms with van der Waals surface area (Å²) < 4.78 is 24.8. The van der Waals surface area contributed by atoms with Gasteiger partial charge in [0.2, 0.25) is 0 Å². The quantitative estimate of drug-likeness (QED) is 0.839. The zero-order chi connectivity index (χ0) is 13.2. The Labute approximate surface area is 108 Å². The van der Waals surface area contributed by atoms with Crippen LogP contribution < -0.4 is 0 Å². The van der Waals surface area contributed by atoms with Crippen molar-refractivity contribution in [3.63, 3.8) is 0 Å². The number of hydrogen-bond donors (Lipinski definition) is 0. The van der Waals surface area contributed by atoms with Crippen molar-refractivity contribution in [2.75, 3.05) is 0 Å². The van der Waals surface area contributed by atoms with Crippen molar-refractivity contribution in [2.24, 2.45) is 0 Å². The molecular formula is C13H16N2O2S. The van der Waals surface area contributed by atoms with Crippen molar-refractivity contribution in [3.8, 4) is 6.07 Å². The third kappa shape index (κ3) is 2.25. The summed E-state index contributed by atoms with van der Waals surface area (Å²) in [5.41, 5.74) is 0.790. The summed E-state index contributed by atoms with van der Waals surface area (Å²) in [7, 11) is -3.39. The second-order valence-electron chi connectivity index (χ2n) is 4.57. The first-order valence-corrected chi connectivity index (χ1v) is 7.78. The fourth-order valence-corrected chi connectivity index (χ4v) is 4.30. The van der Waals surface area contributed by atoms with Gasteiger partial charge in [-0.3, -0.25) is 0 Å². The maximum Gasteiger partial charge on any atom is 0.184 e. The van der Waals surface area contributed by atoms with Gasteiger partial charge in [0.1, 0.15) is 11.0 Å². The largest absolute Gasteiger partial charge is 0.241 e. The van der Waals surface area contributed by atoms with Gasteiger partial charge < -0.3 is 0 Å². The molecule has 1 heterocycles. The van der Waals surface area contributed by atoms with Crippen LogP contribution in [0.1, 0.15) is 44.0 Å². The summed E-state index contributed by atoms with van der Waals surface area (Å²) in [4.78, 5) is 4.21. The van der Waals surface area contributed by atoms with Crippen LogP contribution in [0.3, 0.4) is 0 Å². The molecule has 96 valence electrons. The van der Waals surface area contributed by atoms with Crippen molar-refractivity contribution in [1.29, 1.82) is 5.26 Å². The number of rotatable bonds is 3. The molecule has 0 aliphatic heterocycles. The van der Waals surface area contributed by atoms with Crippen molar-refractivity contribution in [2.45, 2.75) is 49.2 Å². The zero-order valence-corrected chi connectivity index (χ0v) is 11.2. The molecule has 5 heteroatoms. The fourth-order valence-electron chi connectivity index (χ4n) is 2.37. The maximum absolute atomic E-state index is 12.4. The number of nitrogens with zero attached hydrogens (tertiary/aromatic N) is 2. The highest BCUT2D eigenvalue weighted by molar-refractivity contribution is 7.92. The number of pyridine rings is 1. The molecule has 18 heavy (non-hydrogen) atoms. The van der Waals surface area contributed by atoms with Gasteiger partial charge in [-0.15, -0.1) is 0 Å². The second kappa shape index (κ2) is 5.07. The van der Waals surface area contributed by atoms with Crippen LogP contribution in [0.25, 0.3) is 0 Å². The molecule has 1 aliphatic carbocycles. The van der Waals surface area contributed by atoms with Gasteiger partial charge in [-0.1, -0.05) is 19.8 Å². The first-order chi connectivity index (χ1) is 8.59. The average Bonchev–Trinajstić information content (AvgIpc) is 2.92. The number of aromatic nitrogens is 1. The Hall–Kier alpha value is -1.41. The molecule has 0 unspecified atom stereocenters. The van der Waals surface area contributed by atoms with E-state index in [4.69, 9.17) is 5.26 Å². The van der Waals surface area contributed by atoms with Crippen LogP contribution in [0.2, 0.25) is 0 Å². The van der Waals surface area contributed by atoms with Gasteiger partial charge in [-0.05, 0) is 31.4 Å². The molecule has 1 fully saturated rings. The van der Waals surface area contributed by atoms with Crippen LogP contribution in [0, 0.1) is 11.3 Å². The topological polar surface area (TPSA) is 70.8 Å². The molecule has 0 spiro atoms. The molecule has 1 saturated carbocycles. The normalized spacial score (nSPS) is 16.7. The van der Waals surface area contributed by atoms with Gasteiger partial charge in [0.15, 0.2) is 15.5 Å². The van der Waals surface area contributed by atoms with E-state index in [0.29, 0.717) is 19.3 Å². The lowest BCUT2D eigenvalue weighted by molar-refractivity contribution is 0.579. The van der Waals surface area contributed by atoms with Crippen LogP contribution in [0.4, 0.5) is 0 Å². The SMILES string of the molecule is CCc1ccc(S(=O)(=O)C2CCCC2)c(C#N)n1. The molecule has 0 radical (unpaired) electrons. The highest BCUT2D eigenvalue weighted by Crippen LogP contribution is 2.30. The monoisotopic (exact) mass is 264 g/mol. The zero-order valence-electron chi connectivity index (χ0n) is 10.4.